The molecule has 1 N–H and O–H groups in total. The van der Waals surface area contributed by atoms with E-state index in [9.17, 15) is 9.59 Å². The van der Waals surface area contributed by atoms with Crippen molar-refractivity contribution in [1.29, 1.82) is 0 Å². The third kappa shape index (κ3) is 2.02. The Morgan fingerprint density at radius 3 is 2.61 bits per heavy atom. The van der Waals surface area contributed by atoms with Crippen LogP contribution in [0.5, 0.6) is 0 Å². The predicted molar refractivity (Wildman–Crippen MR) is 64.4 cm³/mol. The average Bonchev–Trinajstić information content (AvgIpc) is 2.96. The first kappa shape index (κ1) is 12.7. The van der Waals surface area contributed by atoms with E-state index in [4.69, 9.17) is 0 Å². The minimum absolute atomic E-state index is 0.0305. The van der Waals surface area contributed by atoms with Crippen LogP contribution in [0, 0.1) is 5.41 Å². The van der Waals surface area contributed by atoms with Crippen LogP contribution in [0.1, 0.15) is 38.9 Å². The number of hydrogen-bond donors (Lipinski definition) is 1. The van der Waals surface area contributed by atoms with Gasteiger partial charge in [0.25, 0.3) is 0 Å². The van der Waals surface area contributed by atoms with Gasteiger partial charge in [0.2, 0.25) is 11.8 Å². The Bertz CT molecular complexity index is 437. The van der Waals surface area contributed by atoms with E-state index in [1.165, 1.54) is 11.2 Å². The van der Waals surface area contributed by atoms with Crippen LogP contribution in [0.2, 0.25) is 0 Å². The van der Waals surface area contributed by atoms with Crippen LogP contribution >= 0.6 is 0 Å². The van der Waals surface area contributed by atoms with Crippen molar-refractivity contribution in [2.75, 3.05) is 6.54 Å². The zero-order chi connectivity index (χ0) is 13.2. The lowest BCUT2D eigenvalue weighted by atomic mass is 9.81. The molecule has 1 aliphatic heterocycles. The summed E-state index contributed by atoms with van der Waals surface area (Å²) in [4.78, 5) is 29.6. The SMILES string of the molecule is CCC1(CC)CC(=O)N(CCc2ncn[nH]2)C1=O. The number of carbonyl (C=O) groups is 2. The van der Waals surface area contributed by atoms with Crippen LogP contribution in [-0.2, 0) is 16.0 Å². The van der Waals surface area contributed by atoms with E-state index in [-0.39, 0.29) is 11.8 Å². The van der Waals surface area contributed by atoms with Gasteiger partial charge in [0.05, 0.1) is 5.41 Å². The van der Waals surface area contributed by atoms with Gasteiger partial charge in [-0.1, -0.05) is 13.8 Å². The molecule has 0 unspecified atom stereocenters. The summed E-state index contributed by atoms with van der Waals surface area (Å²) >= 11 is 0. The smallest absolute Gasteiger partial charge is 0.235 e. The largest absolute Gasteiger partial charge is 0.282 e. The summed E-state index contributed by atoms with van der Waals surface area (Å²) < 4.78 is 0. The second-order valence-electron chi connectivity index (χ2n) is 4.70. The Kier molecular flexibility index (Phi) is 3.45. The van der Waals surface area contributed by atoms with E-state index in [1.54, 1.807) is 0 Å². The Morgan fingerprint density at radius 1 is 1.39 bits per heavy atom. The Balaban J connectivity index is 2.05. The molecule has 6 heteroatoms. The van der Waals surface area contributed by atoms with Gasteiger partial charge >= 0.3 is 0 Å². The molecule has 0 spiro atoms. The highest BCUT2D eigenvalue weighted by atomic mass is 16.2. The Labute approximate surface area is 106 Å². The van der Waals surface area contributed by atoms with Gasteiger partial charge in [-0.3, -0.25) is 19.6 Å². The molecule has 98 valence electrons. The zero-order valence-corrected chi connectivity index (χ0v) is 10.8. The second-order valence-corrected chi connectivity index (χ2v) is 4.70. The molecule has 1 aliphatic rings. The summed E-state index contributed by atoms with van der Waals surface area (Å²) in [6.07, 6.45) is 3.72. The molecule has 1 aromatic heterocycles. The van der Waals surface area contributed by atoms with Gasteiger partial charge < -0.3 is 0 Å². The van der Waals surface area contributed by atoms with Gasteiger partial charge in [-0.2, -0.15) is 5.10 Å². The van der Waals surface area contributed by atoms with Crippen LogP contribution in [0.3, 0.4) is 0 Å². The number of imide groups is 1. The first-order valence-electron chi connectivity index (χ1n) is 6.32. The monoisotopic (exact) mass is 250 g/mol. The second kappa shape index (κ2) is 4.88. The molecule has 0 aliphatic carbocycles. The molecule has 2 amide bonds. The number of amides is 2. The number of nitrogens with zero attached hydrogens (tertiary/aromatic N) is 3. The van der Waals surface area contributed by atoms with Crippen molar-refractivity contribution in [3.05, 3.63) is 12.2 Å². The molecule has 1 aromatic rings. The minimum atomic E-state index is -0.474. The van der Waals surface area contributed by atoms with Crippen LogP contribution in [0.15, 0.2) is 6.33 Å². The molecule has 0 saturated carbocycles. The van der Waals surface area contributed by atoms with Crippen LogP contribution in [0.25, 0.3) is 0 Å². The van der Waals surface area contributed by atoms with Crippen molar-refractivity contribution >= 4 is 11.8 Å². The highest BCUT2D eigenvalue weighted by molar-refractivity contribution is 6.05. The normalized spacial score (nSPS) is 18.7. The average molecular weight is 250 g/mol. The number of aromatic nitrogens is 3. The van der Waals surface area contributed by atoms with Gasteiger partial charge in [-0.25, -0.2) is 4.98 Å². The maximum atomic E-state index is 12.3. The fraction of sp³-hybridized carbons (Fsp3) is 0.667. The first-order chi connectivity index (χ1) is 8.63. The number of rotatable bonds is 5. The quantitative estimate of drug-likeness (QED) is 0.788. The standard InChI is InChI=1S/C12H18N4O2/c1-3-12(4-2)7-10(17)16(11(12)18)6-5-9-13-8-14-15-9/h8H,3-7H2,1-2H3,(H,13,14,15). The van der Waals surface area contributed by atoms with Crippen molar-refractivity contribution in [3.8, 4) is 0 Å². The maximum Gasteiger partial charge on any atom is 0.235 e. The maximum absolute atomic E-state index is 12.3. The van der Waals surface area contributed by atoms with E-state index in [0.717, 1.165) is 0 Å². The molecule has 1 saturated heterocycles. The molecule has 18 heavy (non-hydrogen) atoms. The topological polar surface area (TPSA) is 79.0 Å². The highest BCUT2D eigenvalue weighted by Crippen LogP contribution is 2.38. The number of hydrogen-bond acceptors (Lipinski definition) is 4. The van der Waals surface area contributed by atoms with E-state index in [1.807, 2.05) is 13.8 Å². The van der Waals surface area contributed by atoms with Crippen molar-refractivity contribution in [3.63, 3.8) is 0 Å². The summed E-state index contributed by atoms with van der Waals surface area (Å²) in [6, 6.07) is 0. The van der Waals surface area contributed by atoms with E-state index in [2.05, 4.69) is 15.2 Å². The molecule has 2 rings (SSSR count). The minimum Gasteiger partial charge on any atom is -0.282 e. The summed E-state index contributed by atoms with van der Waals surface area (Å²) in [6.45, 7) is 4.32. The summed E-state index contributed by atoms with van der Waals surface area (Å²) in [5, 5.41) is 6.47. The van der Waals surface area contributed by atoms with Gasteiger partial charge in [-0.15, -0.1) is 0 Å². The van der Waals surface area contributed by atoms with E-state index >= 15 is 0 Å². The fourth-order valence-corrected chi connectivity index (χ4v) is 2.46. The molecule has 0 atom stereocenters. The number of likely N-dealkylation sites (tertiary alicyclic amines) is 1. The first-order valence-corrected chi connectivity index (χ1v) is 6.32. The van der Waals surface area contributed by atoms with Gasteiger partial charge in [-0.05, 0) is 12.8 Å². The molecule has 0 aromatic carbocycles. The van der Waals surface area contributed by atoms with Crippen LogP contribution < -0.4 is 0 Å². The summed E-state index contributed by atoms with van der Waals surface area (Å²) in [5.41, 5.74) is -0.474. The molecule has 6 nitrogen and oxygen atoms in total. The number of aromatic amines is 1. The summed E-state index contributed by atoms with van der Waals surface area (Å²) in [5.74, 6) is 0.598. The van der Waals surface area contributed by atoms with Crippen LogP contribution in [-0.4, -0.2) is 38.4 Å². The molecule has 2 heterocycles. The predicted octanol–water partition coefficient (Wildman–Crippen LogP) is 0.912. The Hall–Kier alpha value is -1.72. The number of nitrogens with one attached hydrogen (secondary N) is 1. The van der Waals surface area contributed by atoms with Gasteiger partial charge in [0.1, 0.15) is 12.2 Å². The van der Waals surface area contributed by atoms with Gasteiger partial charge in [0, 0.05) is 19.4 Å². The molecule has 0 radical (unpaired) electrons. The fourth-order valence-electron chi connectivity index (χ4n) is 2.46. The van der Waals surface area contributed by atoms with Crippen molar-refractivity contribution in [2.45, 2.75) is 39.5 Å². The molecule has 1 fully saturated rings. The lowest BCUT2D eigenvalue weighted by Gasteiger charge is -2.23. The van der Waals surface area contributed by atoms with Crippen LogP contribution in [0.4, 0.5) is 0 Å². The number of H-pyrrole nitrogens is 1. The molecule has 0 bridgehead atoms. The lowest BCUT2D eigenvalue weighted by Crippen LogP contribution is -2.36. The third-order valence-electron chi connectivity index (χ3n) is 3.88. The molecular formula is C12H18N4O2. The lowest BCUT2D eigenvalue weighted by molar-refractivity contribution is -0.141. The zero-order valence-electron chi connectivity index (χ0n) is 10.8. The van der Waals surface area contributed by atoms with E-state index < -0.39 is 5.41 Å². The Morgan fingerprint density at radius 2 is 2.11 bits per heavy atom. The van der Waals surface area contributed by atoms with Crippen molar-refractivity contribution in [2.24, 2.45) is 5.41 Å². The van der Waals surface area contributed by atoms with Gasteiger partial charge in [0.15, 0.2) is 0 Å². The van der Waals surface area contributed by atoms with Crippen molar-refractivity contribution in [1.82, 2.24) is 20.1 Å². The highest BCUT2D eigenvalue weighted by Gasteiger charge is 2.48. The third-order valence-corrected chi connectivity index (χ3v) is 3.88. The van der Waals surface area contributed by atoms with E-state index in [0.29, 0.717) is 38.1 Å². The number of carbonyl (C=O) groups excluding carboxylic acids is 2. The van der Waals surface area contributed by atoms with Crippen molar-refractivity contribution < 1.29 is 9.59 Å². The molecular weight excluding hydrogens is 232 g/mol. The summed E-state index contributed by atoms with van der Waals surface area (Å²) in [7, 11) is 0.